The molecule has 102 valence electrons. The normalized spacial score (nSPS) is 22.2. The maximum atomic E-state index is 5.81. The fourth-order valence-electron chi connectivity index (χ4n) is 2.48. The van der Waals surface area contributed by atoms with Gasteiger partial charge in [-0.05, 0) is 33.2 Å². The van der Waals surface area contributed by atoms with Crippen LogP contribution < -0.4 is 5.73 Å². The fraction of sp³-hybridized carbons (Fsp3) is 1.00. The molecule has 0 aliphatic carbocycles. The lowest BCUT2D eigenvalue weighted by atomic mass is 10.0. The molecule has 1 aliphatic heterocycles. The summed E-state index contributed by atoms with van der Waals surface area (Å²) in [6.45, 7) is 8.43. The van der Waals surface area contributed by atoms with E-state index in [1.54, 1.807) is 0 Å². The molecule has 4 nitrogen and oxygen atoms in total. The van der Waals surface area contributed by atoms with Crippen LogP contribution in [0.25, 0.3) is 0 Å². The molecule has 17 heavy (non-hydrogen) atoms. The number of likely N-dealkylation sites (tertiary alicyclic amines) is 1. The van der Waals surface area contributed by atoms with E-state index in [2.05, 4.69) is 4.90 Å². The number of hydrogen-bond acceptors (Lipinski definition) is 4. The number of rotatable bonds is 8. The van der Waals surface area contributed by atoms with Gasteiger partial charge in [0.2, 0.25) is 0 Å². The summed E-state index contributed by atoms with van der Waals surface area (Å²) in [6, 6.07) is 0.563. The highest BCUT2D eigenvalue weighted by Gasteiger charge is 2.21. The standard InChI is InChI=1S/C13H28N2O2/c1-3-16-13(17-4-2)8-10-15-9-6-5-7-12(15)11-14/h12-13H,3-11,14H2,1-2H3. The molecule has 4 heteroatoms. The van der Waals surface area contributed by atoms with E-state index in [0.717, 1.165) is 19.5 Å². The Kier molecular flexibility index (Phi) is 7.77. The van der Waals surface area contributed by atoms with Gasteiger partial charge in [0, 0.05) is 38.8 Å². The number of ether oxygens (including phenoxy) is 2. The summed E-state index contributed by atoms with van der Waals surface area (Å²) in [5.74, 6) is 0. The third-order valence-corrected chi connectivity index (χ3v) is 3.38. The molecule has 0 aromatic rings. The Morgan fingerprint density at radius 2 is 1.94 bits per heavy atom. The van der Waals surface area contributed by atoms with Crippen molar-refractivity contribution < 1.29 is 9.47 Å². The zero-order valence-corrected chi connectivity index (χ0v) is 11.4. The first-order chi connectivity index (χ1) is 8.31. The van der Waals surface area contributed by atoms with Crippen molar-refractivity contribution >= 4 is 0 Å². The summed E-state index contributed by atoms with van der Waals surface area (Å²) in [5, 5.41) is 0. The van der Waals surface area contributed by atoms with Gasteiger partial charge in [-0.2, -0.15) is 0 Å². The smallest absolute Gasteiger partial charge is 0.158 e. The molecule has 1 heterocycles. The molecule has 1 unspecified atom stereocenters. The minimum atomic E-state index is -0.0506. The maximum absolute atomic E-state index is 5.81. The Labute approximate surface area is 105 Å². The van der Waals surface area contributed by atoms with Gasteiger partial charge in [-0.15, -0.1) is 0 Å². The third-order valence-electron chi connectivity index (χ3n) is 3.38. The van der Waals surface area contributed by atoms with Crippen LogP contribution in [0, 0.1) is 0 Å². The van der Waals surface area contributed by atoms with Crippen molar-refractivity contribution in [2.24, 2.45) is 5.73 Å². The summed E-state index contributed by atoms with van der Waals surface area (Å²) >= 11 is 0. The van der Waals surface area contributed by atoms with E-state index < -0.39 is 0 Å². The van der Waals surface area contributed by atoms with Crippen molar-refractivity contribution in [1.29, 1.82) is 0 Å². The van der Waals surface area contributed by atoms with E-state index in [-0.39, 0.29) is 6.29 Å². The Morgan fingerprint density at radius 1 is 1.24 bits per heavy atom. The van der Waals surface area contributed by atoms with Gasteiger partial charge < -0.3 is 15.2 Å². The predicted octanol–water partition coefficient (Wildman–Crippen LogP) is 1.59. The van der Waals surface area contributed by atoms with Crippen LogP contribution in [0.1, 0.15) is 39.5 Å². The largest absolute Gasteiger partial charge is 0.353 e. The summed E-state index contributed by atoms with van der Waals surface area (Å²) < 4.78 is 11.1. The van der Waals surface area contributed by atoms with Crippen LogP contribution in [0.15, 0.2) is 0 Å². The molecule has 1 atom stereocenters. The zero-order valence-electron chi connectivity index (χ0n) is 11.4. The van der Waals surface area contributed by atoms with Gasteiger partial charge in [-0.1, -0.05) is 6.42 Å². The van der Waals surface area contributed by atoms with Crippen molar-refractivity contribution in [3.8, 4) is 0 Å². The lowest BCUT2D eigenvalue weighted by molar-refractivity contribution is -0.142. The fourth-order valence-corrected chi connectivity index (χ4v) is 2.48. The minimum absolute atomic E-state index is 0.0506. The van der Waals surface area contributed by atoms with E-state index in [1.165, 1.54) is 25.8 Å². The molecule has 0 spiro atoms. The first kappa shape index (κ1) is 14.9. The van der Waals surface area contributed by atoms with Gasteiger partial charge in [-0.25, -0.2) is 0 Å². The van der Waals surface area contributed by atoms with Crippen LogP contribution in [0.5, 0.6) is 0 Å². The Bertz CT molecular complexity index is 184. The molecular weight excluding hydrogens is 216 g/mol. The van der Waals surface area contributed by atoms with Crippen LogP contribution in [0.3, 0.4) is 0 Å². The molecular formula is C13H28N2O2. The maximum Gasteiger partial charge on any atom is 0.158 e. The Morgan fingerprint density at radius 3 is 2.53 bits per heavy atom. The van der Waals surface area contributed by atoms with Gasteiger partial charge in [0.15, 0.2) is 6.29 Å². The van der Waals surface area contributed by atoms with Crippen molar-refractivity contribution in [1.82, 2.24) is 4.90 Å². The van der Waals surface area contributed by atoms with Gasteiger partial charge in [0.1, 0.15) is 0 Å². The van der Waals surface area contributed by atoms with Crippen LogP contribution in [0.4, 0.5) is 0 Å². The molecule has 0 amide bonds. The number of hydrogen-bond donors (Lipinski definition) is 1. The van der Waals surface area contributed by atoms with Gasteiger partial charge in [-0.3, -0.25) is 4.90 Å². The topological polar surface area (TPSA) is 47.7 Å². The van der Waals surface area contributed by atoms with E-state index >= 15 is 0 Å². The predicted molar refractivity (Wildman–Crippen MR) is 69.9 cm³/mol. The molecule has 2 N–H and O–H groups in total. The molecule has 0 aromatic heterocycles. The highest BCUT2D eigenvalue weighted by Crippen LogP contribution is 2.17. The number of nitrogens with zero attached hydrogens (tertiary/aromatic N) is 1. The number of nitrogens with two attached hydrogens (primary N) is 1. The summed E-state index contributed by atoms with van der Waals surface area (Å²) in [7, 11) is 0. The molecule has 0 radical (unpaired) electrons. The molecule has 1 saturated heterocycles. The highest BCUT2D eigenvalue weighted by atomic mass is 16.7. The second-order valence-corrected chi connectivity index (χ2v) is 4.55. The van der Waals surface area contributed by atoms with E-state index in [9.17, 15) is 0 Å². The Balaban J connectivity index is 2.30. The molecule has 0 aromatic carbocycles. The van der Waals surface area contributed by atoms with Crippen LogP contribution in [0.2, 0.25) is 0 Å². The summed E-state index contributed by atoms with van der Waals surface area (Å²) in [4.78, 5) is 2.49. The first-order valence-corrected chi connectivity index (χ1v) is 6.99. The zero-order chi connectivity index (χ0) is 12.5. The summed E-state index contributed by atoms with van der Waals surface area (Å²) in [6.07, 6.45) is 4.75. The molecule has 0 bridgehead atoms. The van der Waals surface area contributed by atoms with E-state index in [0.29, 0.717) is 19.3 Å². The summed E-state index contributed by atoms with van der Waals surface area (Å²) in [5.41, 5.74) is 5.81. The van der Waals surface area contributed by atoms with Crippen LogP contribution in [-0.2, 0) is 9.47 Å². The molecule has 1 rings (SSSR count). The number of piperidine rings is 1. The highest BCUT2D eigenvalue weighted by molar-refractivity contribution is 4.77. The van der Waals surface area contributed by atoms with Crippen LogP contribution >= 0.6 is 0 Å². The third kappa shape index (κ3) is 5.34. The average Bonchev–Trinajstić information content (AvgIpc) is 2.37. The second kappa shape index (κ2) is 8.86. The lowest BCUT2D eigenvalue weighted by Crippen LogP contribution is -2.45. The molecule has 0 saturated carbocycles. The lowest BCUT2D eigenvalue weighted by Gasteiger charge is -2.35. The van der Waals surface area contributed by atoms with Crippen molar-refractivity contribution in [3.05, 3.63) is 0 Å². The first-order valence-electron chi connectivity index (χ1n) is 6.99. The molecule has 1 aliphatic rings. The van der Waals surface area contributed by atoms with E-state index in [4.69, 9.17) is 15.2 Å². The quantitative estimate of drug-likeness (QED) is 0.659. The van der Waals surface area contributed by atoms with Gasteiger partial charge in [0.05, 0.1) is 0 Å². The Hall–Kier alpha value is -0.160. The minimum Gasteiger partial charge on any atom is -0.353 e. The van der Waals surface area contributed by atoms with Gasteiger partial charge in [0.25, 0.3) is 0 Å². The van der Waals surface area contributed by atoms with Crippen molar-refractivity contribution in [3.63, 3.8) is 0 Å². The van der Waals surface area contributed by atoms with Gasteiger partial charge >= 0.3 is 0 Å². The second-order valence-electron chi connectivity index (χ2n) is 4.55. The SMILES string of the molecule is CCOC(CCN1CCCCC1CN)OCC. The van der Waals surface area contributed by atoms with Crippen molar-refractivity contribution in [2.45, 2.75) is 51.9 Å². The van der Waals surface area contributed by atoms with Crippen LogP contribution in [-0.4, -0.2) is 50.1 Å². The average molecular weight is 244 g/mol. The van der Waals surface area contributed by atoms with E-state index in [1.807, 2.05) is 13.8 Å². The monoisotopic (exact) mass is 244 g/mol. The molecule has 1 fully saturated rings. The van der Waals surface area contributed by atoms with Crippen molar-refractivity contribution in [2.75, 3.05) is 32.8 Å².